The first-order valence-corrected chi connectivity index (χ1v) is 8.78. The van der Waals surface area contributed by atoms with Gasteiger partial charge >= 0.3 is 5.97 Å². The van der Waals surface area contributed by atoms with Crippen LogP contribution < -0.4 is 4.90 Å². The van der Waals surface area contributed by atoms with Crippen LogP contribution >= 0.6 is 0 Å². The van der Waals surface area contributed by atoms with Crippen LogP contribution in [0.4, 0.5) is 24.5 Å². The van der Waals surface area contributed by atoms with E-state index in [-0.39, 0.29) is 37.6 Å². The first-order chi connectivity index (χ1) is 13.8. The molecule has 0 N–H and O–H groups in total. The molecule has 1 heterocycles. The number of nitro benzene ring substituents is 1. The number of hydrogen-bond donors (Lipinski definition) is 0. The Morgan fingerprint density at radius 2 is 2.00 bits per heavy atom. The van der Waals surface area contributed by atoms with Crippen molar-refractivity contribution in [1.29, 1.82) is 0 Å². The lowest BCUT2D eigenvalue weighted by molar-refractivity contribution is -0.385. The molecule has 1 fully saturated rings. The van der Waals surface area contributed by atoms with Crippen molar-refractivity contribution in [3.63, 3.8) is 0 Å². The van der Waals surface area contributed by atoms with Crippen LogP contribution in [-0.2, 0) is 9.47 Å². The van der Waals surface area contributed by atoms with Gasteiger partial charge in [-0.05, 0) is 24.6 Å². The number of halogens is 3. The van der Waals surface area contributed by atoms with E-state index in [2.05, 4.69) is 0 Å². The first-order valence-electron chi connectivity index (χ1n) is 8.78. The number of ether oxygens (including phenoxy) is 2. The van der Waals surface area contributed by atoms with Gasteiger partial charge < -0.3 is 14.4 Å². The highest BCUT2D eigenvalue weighted by molar-refractivity contribution is 5.97. The highest BCUT2D eigenvalue weighted by Gasteiger charge is 2.30. The number of esters is 1. The van der Waals surface area contributed by atoms with E-state index >= 15 is 0 Å². The molecule has 2 aromatic rings. The molecule has 0 amide bonds. The van der Waals surface area contributed by atoms with Crippen LogP contribution in [0, 0.1) is 27.6 Å². The number of rotatable bonds is 5. The van der Waals surface area contributed by atoms with Crippen molar-refractivity contribution in [2.75, 3.05) is 31.2 Å². The van der Waals surface area contributed by atoms with Crippen molar-refractivity contribution in [3.8, 4) is 0 Å². The number of nitrogens with zero attached hydrogens (tertiary/aromatic N) is 2. The van der Waals surface area contributed by atoms with Gasteiger partial charge in [0.1, 0.15) is 6.10 Å². The van der Waals surface area contributed by atoms with Gasteiger partial charge in [0.2, 0.25) is 0 Å². The number of benzene rings is 2. The fourth-order valence-electron chi connectivity index (χ4n) is 3.14. The topological polar surface area (TPSA) is 81.9 Å². The van der Waals surface area contributed by atoms with Crippen LogP contribution in [0.2, 0.25) is 0 Å². The number of nitro groups is 1. The summed E-state index contributed by atoms with van der Waals surface area (Å²) >= 11 is 0. The van der Waals surface area contributed by atoms with E-state index in [1.807, 2.05) is 0 Å². The average molecular weight is 410 g/mol. The summed E-state index contributed by atoms with van der Waals surface area (Å²) in [5, 5.41) is 11.1. The predicted octanol–water partition coefficient (Wildman–Crippen LogP) is 3.77. The van der Waals surface area contributed by atoms with Crippen molar-refractivity contribution in [3.05, 3.63) is 69.0 Å². The number of morpholine rings is 1. The zero-order valence-electron chi connectivity index (χ0n) is 15.4. The van der Waals surface area contributed by atoms with E-state index in [0.29, 0.717) is 5.56 Å². The Morgan fingerprint density at radius 3 is 2.66 bits per heavy atom. The second kappa shape index (κ2) is 8.48. The predicted molar refractivity (Wildman–Crippen MR) is 96.3 cm³/mol. The van der Waals surface area contributed by atoms with Gasteiger partial charge in [0.05, 0.1) is 35.5 Å². The lowest BCUT2D eigenvalue weighted by Gasteiger charge is -2.35. The van der Waals surface area contributed by atoms with Crippen molar-refractivity contribution >= 4 is 17.3 Å². The Kier molecular flexibility index (Phi) is 6.02. The summed E-state index contributed by atoms with van der Waals surface area (Å²) < 4.78 is 52.1. The molecular formula is C19H17F3N2O5. The summed E-state index contributed by atoms with van der Waals surface area (Å²) in [6, 6.07) is 4.98. The zero-order chi connectivity index (χ0) is 21.1. The van der Waals surface area contributed by atoms with Crippen molar-refractivity contribution in [2.45, 2.75) is 13.0 Å². The molecule has 154 valence electrons. The number of hydrogen-bond acceptors (Lipinski definition) is 6. The standard InChI is InChI=1S/C19H17F3N2O5/c1-2-28-19(25)13-8-12(24(26)27)9-16(22)18(13)23-5-6-29-17(10-23)11-3-4-14(20)15(21)7-11/h3-4,7-9,17H,2,5-6,10H2,1H3. The Balaban J connectivity index is 1.98. The SMILES string of the molecule is CCOC(=O)c1cc([N+](=O)[O-])cc(F)c1N1CCOC(c2ccc(F)c(F)c2)C1. The van der Waals surface area contributed by atoms with Gasteiger partial charge in [0, 0.05) is 19.2 Å². The van der Waals surface area contributed by atoms with E-state index in [1.54, 1.807) is 6.92 Å². The Morgan fingerprint density at radius 1 is 1.24 bits per heavy atom. The minimum Gasteiger partial charge on any atom is -0.462 e. The molecule has 3 rings (SSSR count). The molecular weight excluding hydrogens is 393 g/mol. The lowest BCUT2D eigenvalue weighted by atomic mass is 10.0. The smallest absolute Gasteiger partial charge is 0.340 e. The van der Waals surface area contributed by atoms with Crippen LogP contribution in [0.15, 0.2) is 30.3 Å². The van der Waals surface area contributed by atoms with Crippen LogP contribution in [0.3, 0.4) is 0 Å². The van der Waals surface area contributed by atoms with Gasteiger partial charge in [0.15, 0.2) is 17.5 Å². The second-order valence-electron chi connectivity index (χ2n) is 6.28. The molecule has 1 aliphatic heterocycles. The number of carbonyl (C=O) groups is 1. The van der Waals surface area contributed by atoms with Gasteiger partial charge in [0.25, 0.3) is 5.69 Å². The minimum absolute atomic E-state index is 0.00315. The maximum Gasteiger partial charge on any atom is 0.340 e. The summed E-state index contributed by atoms with van der Waals surface area (Å²) in [7, 11) is 0. The van der Waals surface area contributed by atoms with Gasteiger partial charge in [-0.2, -0.15) is 0 Å². The van der Waals surface area contributed by atoms with E-state index in [1.165, 1.54) is 11.0 Å². The third-order valence-corrected chi connectivity index (χ3v) is 4.45. The molecule has 7 nitrogen and oxygen atoms in total. The van der Waals surface area contributed by atoms with Gasteiger partial charge in [-0.15, -0.1) is 0 Å². The monoisotopic (exact) mass is 410 g/mol. The molecule has 0 saturated carbocycles. The lowest BCUT2D eigenvalue weighted by Crippen LogP contribution is -2.39. The molecule has 0 aromatic heterocycles. The molecule has 1 saturated heterocycles. The summed E-state index contributed by atoms with van der Waals surface area (Å²) in [6.45, 7) is 1.87. The normalized spacial score (nSPS) is 16.6. The maximum absolute atomic E-state index is 14.8. The highest BCUT2D eigenvalue weighted by atomic mass is 19.2. The summed E-state index contributed by atoms with van der Waals surface area (Å²) in [5.41, 5.74) is -0.692. The average Bonchev–Trinajstić information content (AvgIpc) is 2.69. The molecule has 1 unspecified atom stereocenters. The van der Waals surface area contributed by atoms with E-state index in [0.717, 1.165) is 24.3 Å². The van der Waals surface area contributed by atoms with E-state index in [9.17, 15) is 28.1 Å². The number of anilines is 1. The quantitative estimate of drug-likeness (QED) is 0.424. The fourth-order valence-corrected chi connectivity index (χ4v) is 3.14. The van der Waals surface area contributed by atoms with E-state index < -0.39 is 40.1 Å². The number of carbonyl (C=O) groups excluding carboxylic acids is 1. The highest BCUT2D eigenvalue weighted by Crippen LogP contribution is 2.34. The minimum atomic E-state index is -1.04. The molecule has 0 spiro atoms. The fraction of sp³-hybridized carbons (Fsp3) is 0.316. The maximum atomic E-state index is 14.8. The molecule has 29 heavy (non-hydrogen) atoms. The molecule has 1 aliphatic rings. The summed E-state index contributed by atoms with van der Waals surface area (Å²) in [4.78, 5) is 24.0. The van der Waals surface area contributed by atoms with Crippen molar-refractivity contribution < 1.29 is 32.4 Å². The molecule has 0 radical (unpaired) electrons. The van der Waals surface area contributed by atoms with E-state index in [4.69, 9.17) is 9.47 Å². The number of non-ortho nitro benzene ring substituents is 1. The zero-order valence-corrected chi connectivity index (χ0v) is 15.4. The second-order valence-corrected chi connectivity index (χ2v) is 6.28. The molecule has 0 bridgehead atoms. The Bertz CT molecular complexity index is 954. The largest absolute Gasteiger partial charge is 0.462 e. The Labute approximate surface area is 163 Å². The van der Waals surface area contributed by atoms with Crippen LogP contribution in [0.1, 0.15) is 28.9 Å². The molecule has 2 aromatic carbocycles. The van der Waals surface area contributed by atoms with Crippen molar-refractivity contribution in [2.24, 2.45) is 0 Å². The summed E-state index contributed by atoms with van der Waals surface area (Å²) in [6.07, 6.45) is -0.719. The van der Waals surface area contributed by atoms with Crippen LogP contribution in [0.5, 0.6) is 0 Å². The van der Waals surface area contributed by atoms with Gasteiger partial charge in [-0.3, -0.25) is 10.1 Å². The third-order valence-electron chi connectivity index (χ3n) is 4.45. The Hall–Kier alpha value is -3.14. The third kappa shape index (κ3) is 4.32. The van der Waals surface area contributed by atoms with Gasteiger partial charge in [-0.25, -0.2) is 18.0 Å². The first kappa shape index (κ1) is 20.6. The van der Waals surface area contributed by atoms with Gasteiger partial charge in [-0.1, -0.05) is 6.07 Å². The summed E-state index contributed by atoms with van der Waals surface area (Å²) in [5.74, 6) is -3.92. The van der Waals surface area contributed by atoms with Crippen LogP contribution in [0.25, 0.3) is 0 Å². The van der Waals surface area contributed by atoms with Crippen molar-refractivity contribution in [1.82, 2.24) is 0 Å². The molecule has 1 atom stereocenters. The van der Waals surface area contributed by atoms with Crippen LogP contribution in [-0.4, -0.2) is 37.2 Å². The molecule has 10 heteroatoms. The molecule has 0 aliphatic carbocycles.